The molecule has 0 aromatic heterocycles. The molecule has 0 bridgehead atoms. The fourth-order valence-corrected chi connectivity index (χ4v) is 4.01. The van der Waals surface area contributed by atoms with Gasteiger partial charge in [-0.1, -0.05) is 18.9 Å². The SMILES string of the molecule is CN(C1CCCC1)S(=O)(=O)c1cccc(F)c1C#N. The first kappa shape index (κ1) is 14.0. The molecule has 1 aromatic carbocycles. The number of hydrogen-bond acceptors (Lipinski definition) is 3. The average molecular weight is 282 g/mol. The van der Waals surface area contributed by atoms with E-state index in [0.29, 0.717) is 0 Å². The van der Waals surface area contributed by atoms with Crippen molar-refractivity contribution in [3.8, 4) is 6.07 Å². The fourth-order valence-electron chi connectivity index (χ4n) is 2.45. The molecule has 0 atom stereocenters. The maximum absolute atomic E-state index is 13.5. The molecule has 1 aliphatic rings. The summed E-state index contributed by atoms with van der Waals surface area (Å²) in [4.78, 5) is -0.246. The molecular weight excluding hydrogens is 267 g/mol. The molecule has 0 amide bonds. The Labute approximate surface area is 112 Å². The first-order valence-electron chi connectivity index (χ1n) is 6.15. The predicted octanol–water partition coefficient (Wildman–Crippen LogP) is 2.26. The highest BCUT2D eigenvalue weighted by Crippen LogP contribution is 2.29. The normalized spacial score (nSPS) is 16.7. The highest BCUT2D eigenvalue weighted by Gasteiger charge is 2.32. The third kappa shape index (κ3) is 2.48. The molecule has 0 N–H and O–H groups in total. The van der Waals surface area contributed by atoms with Crippen LogP contribution in [0.25, 0.3) is 0 Å². The third-order valence-electron chi connectivity index (χ3n) is 3.58. The molecule has 0 heterocycles. The van der Waals surface area contributed by atoms with E-state index in [2.05, 4.69) is 0 Å². The highest BCUT2D eigenvalue weighted by atomic mass is 32.2. The highest BCUT2D eigenvalue weighted by molar-refractivity contribution is 7.89. The van der Waals surface area contributed by atoms with Crippen LogP contribution in [0.4, 0.5) is 4.39 Å². The van der Waals surface area contributed by atoms with Gasteiger partial charge >= 0.3 is 0 Å². The summed E-state index contributed by atoms with van der Waals surface area (Å²) in [6.07, 6.45) is 3.62. The minimum atomic E-state index is -3.82. The summed E-state index contributed by atoms with van der Waals surface area (Å²) in [5.74, 6) is -0.802. The molecule has 1 aromatic rings. The van der Waals surface area contributed by atoms with Gasteiger partial charge < -0.3 is 0 Å². The van der Waals surface area contributed by atoms with Gasteiger partial charge in [0, 0.05) is 13.1 Å². The summed E-state index contributed by atoms with van der Waals surface area (Å²) >= 11 is 0. The Morgan fingerprint density at radius 1 is 1.37 bits per heavy atom. The van der Waals surface area contributed by atoms with Gasteiger partial charge in [-0.25, -0.2) is 12.8 Å². The van der Waals surface area contributed by atoms with Gasteiger partial charge in [0.05, 0.1) is 0 Å². The molecule has 0 aliphatic heterocycles. The van der Waals surface area contributed by atoms with Crippen LogP contribution in [0, 0.1) is 17.1 Å². The van der Waals surface area contributed by atoms with Crippen molar-refractivity contribution in [2.45, 2.75) is 36.6 Å². The van der Waals surface area contributed by atoms with E-state index in [1.54, 1.807) is 6.07 Å². The van der Waals surface area contributed by atoms with E-state index < -0.39 is 21.4 Å². The fraction of sp³-hybridized carbons (Fsp3) is 0.462. The van der Waals surface area contributed by atoms with Crippen molar-refractivity contribution in [3.05, 3.63) is 29.6 Å². The molecule has 102 valence electrons. The van der Waals surface area contributed by atoms with Crippen LogP contribution in [0.3, 0.4) is 0 Å². The van der Waals surface area contributed by atoms with Crippen molar-refractivity contribution in [2.24, 2.45) is 0 Å². The van der Waals surface area contributed by atoms with Gasteiger partial charge in [-0.05, 0) is 25.0 Å². The summed E-state index contributed by atoms with van der Waals surface area (Å²) in [7, 11) is -2.32. The Morgan fingerprint density at radius 3 is 2.58 bits per heavy atom. The van der Waals surface area contributed by atoms with E-state index in [0.717, 1.165) is 31.7 Å². The third-order valence-corrected chi connectivity index (χ3v) is 5.54. The average Bonchev–Trinajstić information content (AvgIpc) is 2.91. The molecule has 0 radical (unpaired) electrons. The van der Waals surface area contributed by atoms with Crippen LogP contribution in [0.1, 0.15) is 31.2 Å². The van der Waals surface area contributed by atoms with Crippen LogP contribution < -0.4 is 0 Å². The van der Waals surface area contributed by atoms with E-state index >= 15 is 0 Å². The van der Waals surface area contributed by atoms with Crippen LogP contribution >= 0.6 is 0 Å². The van der Waals surface area contributed by atoms with Crippen molar-refractivity contribution < 1.29 is 12.8 Å². The van der Waals surface area contributed by atoms with Crippen LogP contribution in [-0.4, -0.2) is 25.8 Å². The molecule has 1 fully saturated rings. The molecule has 0 saturated heterocycles. The lowest BCUT2D eigenvalue weighted by Crippen LogP contribution is -2.35. The van der Waals surface area contributed by atoms with Gasteiger partial charge in [-0.2, -0.15) is 9.57 Å². The number of benzene rings is 1. The summed E-state index contributed by atoms with van der Waals surface area (Å²) in [6.45, 7) is 0. The number of halogens is 1. The zero-order chi connectivity index (χ0) is 14.0. The van der Waals surface area contributed by atoms with Crippen molar-refractivity contribution in [2.75, 3.05) is 7.05 Å². The van der Waals surface area contributed by atoms with Crippen LogP contribution in [0.5, 0.6) is 0 Å². The second-order valence-corrected chi connectivity index (χ2v) is 6.65. The summed E-state index contributed by atoms with van der Waals surface area (Å²) in [5.41, 5.74) is -0.410. The smallest absolute Gasteiger partial charge is 0.207 e. The molecule has 2 rings (SSSR count). The van der Waals surface area contributed by atoms with Crippen molar-refractivity contribution in [1.82, 2.24) is 4.31 Å². The van der Waals surface area contributed by atoms with Gasteiger partial charge in [-0.3, -0.25) is 0 Å². The number of nitriles is 1. The maximum Gasteiger partial charge on any atom is 0.244 e. The quantitative estimate of drug-likeness (QED) is 0.854. The van der Waals surface area contributed by atoms with Crippen molar-refractivity contribution in [1.29, 1.82) is 5.26 Å². The Kier molecular flexibility index (Phi) is 3.88. The molecule has 4 nitrogen and oxygen atoms in total. The molecule has 0 unspecified atom stereocenters. The Hall–Kier alpha value is -1.45. The van der Waals surface area contributed by atoms with Crippen molar-refractivity contribution in [3.63, 3.8) is 0 Å². The number of rotatable bonds is 3. The lowest BCUT2D eigenvalue weighted by Gasteiger charge is -2.24. The summed E-state index contributed by atoms with van der Waals surface area (Å²) < 4.78 is 39.7. The predicted molar refractivity (Wildman–Crippen MR) is 68.3 cm³/mol. The first-order chi connectivity index (χ1) is 8.98. The van der Waals surface area contributed by atoms with E-state index in [1.165, 1.54) is 23.5 Å². The Balaban J connectivity index is 2.45. The standard InChI is InChI=1S/C13H15FN2O2S/c1-16(10-5-2-3-6-10)19(17,18)13-8-4-7-12(14)11(13)9-15/h4,7-8,10H,2-3,5-6H2,1H3. The number of sulfonamides is 1. The molecule has 0 spiro atoms. The van der Waals surface area contributed by atoms with Crippen LogP contribution in [0.15, 0.2) is 23.1 Å². The van der Waals surface area contributed by atoms with Gasteiger partial charge in [0.2, 0.25) is 10.0 Å². The molecule has 6 heteroatoms. The van der Waals surface area contributed by atoms with Gasteiger partial charge in [0.25, 0.3) is 0 Å². The van der Waals surface area contributed by atoms with Gasteiger partial charge in [0.1, 0.15) is 22.3 Å². The minimum absolute atomic E-state index is 0.0557. The summed E-state index contributed by atoms with van der Waals surface area (Å²) in [5, 5.41) is 8.94. The van der Waals surface area contributed by atoms with E-state index in [4.69, 9.17) is 5.26 Å². The van der Waals surface area contributed by atoms with Crippen LogP contribution in [-0.2, 0) is 10.0 Å². The van der Waals surface area contributed by atoms with E-state index in [9.17, 15) is 12.8 Å². The lowest BCUT2D eigenvalue weighted by molar-refractivity contribution is 0.372. The number of nitrogens with zero attached hydrogens (tertiary/aromatic N) is 2. The number of hydrogen-bond donors (Lipinski definition) is 0. The second kappa shape index (κ2) is 5.27. The Bertz CT molecular complexity index is 616. The van der Waals surface area contributed by atoms with Crippen molar-refractivity contribution >= 4 is 10.0 Å². The van der Waals surface area contributed by atoms with Gasteiger partial charge in [0.15, 0.2) is 0 Å². The minimum Gasteiger partial charge on any atom is -0.207 e. The molecule has 1 aliphatic carbocycles. The van der Waals surface area contributed by atoms with E-state index in [1.807, 2.05) is 0 Å². The van der Waals surface area contributed by atoms with Gasteiger partial charge in [-0.15, -0.1) is 0 Å². The first-order valence-corrected chi connectivity index (χ1v) is 7.59. The zero-order valence-corrected chi connectivity index (χ0v) is 11.5. The van der Waals surface area contributed by atoms with Crippen LogP contribution in [0.2, 0.25) is 0 Å². The molecular formula is C13H15FN2O2S. The second-order valence-electron chi connectivity index (χ2n) is 4.68. The maximum atomic E-state index is 13.5. The lowest BCUT2D eigenvalue weighted by atomic mass is 10.2. The molecule has 19 heavy (non-hydrogen) atoms. The Morgan fingerprint density at radius 2 is 2.00 bits per heavy atom. The topological polar surface area (TPSA) is 61.2 Å². The zero-order valence-electron chi connectivity index (χ0n) is 10.6. The summed E-state index contributed by atoms with van der Waals surface area (Å²) in [6, 6.07) is 5.26. The monoisotopic (exact) mass is 282 g/mol. The molecule has 1 saturated carbocycles. The van der Waals surface area contributed by atoms with E-state index in [-0.39, 0.29) is 10.9 Å². The largest absolute Gasteiger partial charge is 0.244 e.